The van der Waals surface area contributed by atoms with Gasteiger partial charge in [-0.2, -0.15) is 0 Å². The first kappa shape index (κ1) is 17.7. The van der Waals surface area contributed by atoms with Gasteiger partial charge in [-0.3, -0.25) is 4.98 Å². The minimum Gasteiger partial charge on any atom is -0.462 e. The number of benzene rings is 2. The fourth-order valence-corrected chi connectivity index (χ4v) is 2.50. The Morgan fingerprint density at radius 3 is 2.67 bits per heavy atom. The number of fused-ring (bicyclic) bond motifs is 1. The van der Waals surface area contributed by atoms with Gasteiger partial charge in [0.1, 0.15) is 0 Å². The zero-order valence-electron chi connectivity index (χ0n) is 13.3. The maximum Gasteiger partial charge on any atom is 0.340 e. The van der Waals surface area contributed by atoms with Crippen molar-refractivity contribution in [3.05, 3.63) is 77.6 Å². The van der Waals surface area contributed by atoms with Crippen molar-refractivity contribution < 1.29 is 9.53 Å². The van der Waals surface area contributed by atoms with Gasteiger partial charge in [0.2, 0.25) is 0 Å². The Morgan fingerprint density at radius 2 is 1.83 bits per heavy atom. The summed E-state index contributed by atoms with van der Waals surface area (Å²) in [6.07, 6.45) is 5.51. The fourth-order valence-electron chi connectivity index (χ4n) is 2.50. The summed E-state index contributed by atoms with van der Waals surface area (Å²) in [7, 11) is 0. The Labute approximate surface area is 147 Å². The normalized spacial score (nSPS) is 10.5. The molecule has 4 heteroatoms. The highest BCUT2D eigenvalue weighted by molar-refractivity contribution is 5.96. The lowest BCUT2D eigenvalue weighted by molar-refractivity contribution is 0.0525. The second-order valence-corrected chi connectivity index (χ2v) is 5.06. The van der Waals surface area contributed by atoms with E-state index in [0.717, 1.165) is 5.56 Å². The van der Waals surface area contributed by atoms with Crippen LogP contribution in [0.1, 0.15) is 28.5 Å². The van der Waals surface area contributed by atoms with Crippen LogP contribution >= 0.6 is 12.4 Å². The summed E-state index contributed by atoms with van der Waals surface area (Å²) in [5.41, 5.74) is 2.17. The molecule has 0 aliphatic heterocycles. The summed E-state index contributed by atoms with van der Waals surface area (Å²) in [5, 5.41) is 2.35. The Kier molecular flexibility index (Phi) is 6.10. The van der Waals surface area contributed by atoms with Crippen molar-refractivity contribution in [2.45, 2.75) is 6.92 Å². The smallest absolute Gasteiger partial charge is 0.340 e. The second-order valence-electron chi connectivity index (χ2n) is 5.06. The standard InChI is InChI=1S/C20H17NO2.ClH/c1-2-23-20(22)18-11-6-14-21-19(18)13-12-16-9-5-8-15-7-3-4-10-17(15)16;/h3-14H,2H2,1H3;1H. The van der Waals surface area contributed by atoms with Crippen LogP contribution in [0.5, 0.6) is 0 Å². The number of ether oxygens (including phenoxy) is 1. The number of hydrogen-bond donors (Lipinski definition) is 0. The zero-order valence-corrected chi connectivity index (χ0v) is 14.1. The number of rotatable bonds is 4. The highest BCUT2D eigenvalue weighted by atomic mass is 35.5. The molecule has 1 heterocycles. The summed E-state index contributed by atoms with van der Waals surface area (Å²) >= 11 is 0. The van der Waals surface area contributed by atoms with E-state index in [1.54, 1.807) is 25.3 Å². The molecule has 0 unspecified atom stereocenters. The van der Waals surface area contributed by atoms with Crippen LogP contribution in [0.4, 0.5) is 0 Å². The van der Waals surface area contributed by atoms with E-state index in [9.17, 15) is 4.79 Å². The highest BCUT2D eigenvalue weighted by Crippen LogP contribution is 2.21. The molecule has 0 saturated heterocycles. The molecule has 0 amide bonds. The first-order valence-corrected chi connectivity index (χ1v) is 7.57. The van der Waals surface area contributed by atoms with Crippen LogP contribution in [0.3, 0.4) is 0 Å². The van der Waals surface area contributed by atoms with Crippen molar-refractivity contribution in [3.63, 3.8) is 0 Å². The zero-order chi connectivity index (χ0) is 16.1. The molecule has 122 valence electrons. The Hall–Kier alpha value is -2.65. The number of hydrogen-bond acceptors (Lipinski definition) is 3. The van der Waals surface area contributed by atoms with Crippen molar-refractivity contribution in [2.75, 3.05) is 6.61 Å². The number of halogens is 1. The van der Waals surface area contributed by atoms with Crippen molar-refractivity contribution >= 4 is 41.3 Å². The van der Waals surface area contributed by atoms with E-state index in [1.165, 1.54) is 10.8 Å². The van der Waals surface area contributed by atoms with Crippen LogP contribution in [0.15, 0.2) is 60.8 Å². The third kappa shape index (κ3) is 3.81. The van der Waals surface area contributed by atoms with E-state index in [0.29, 0.717) is 17.9 Å². The van der Waals surface area contributed by atoms with Crippen LogP contribution in [0, 0.1) is 0 Å². The number of aromatic nitrogens is 1. The van der Waals surface area contributed by atoms with Crippen molar-refractivity contribution in [1.82, 2.24) is 4.98 Å². The number of pyridine rings is 1. The molecule has 0 fully saturated rings. The summed E-state index contributed by atoms with van der Waals surface area (Å²) in [6, 6.07) is 17.8. The predicted octanol–water partition coefficient (Wildman–Crippen LogP) is 5.00. The van der Waals surface area contributed by atoms with Gasteiger partial charge in [-0.15, -0.1) is 12.4 Å². The molecule has 0 N–H and O–H groups in total. The quantitative estimate of drug-likeness (QED) is 0.628. The molecular formula is C20H18ClNO2. The van der Waals surface area contributed by atoms with E-state index in [-0.39, 0.29) is 18.4 Å². The monoisotopic (exact) mass is 339 g/mol. The summed E-state index contributed by atoms with van der Waals surface area (Å²) in [6.45, 7) is 2.14. The third-order valence-corrected chi connectivity index (χ3v) is 3.58. The van der Waals surface area contributed by atoms with Crippen LogP contribution < -0.4 is 0 Å². The first-order chi connectivity index (χ1) is 11.3. The van der Waals surface area contributed by atoms with Gasteiger partial charge in [-0.25, -0.2) is 4.79 Å². The minimum atomic E-state index is -0.349. The predicted molar refractivity (Wildman–Crippen MR) is 100 cm³/mol. The lowest BCUT2D eigenvalue weighted by Gasteiger charge is -2.05. The van der Waals surface area contributed by atoms with Gasteiger partial charge in [0.05, 0.1) is 17.9 Å². The van der Waals surface area contributed by atoms with E-state index in [1.807, 2.05) is 36.4 Å². The molecule has 3 rings (SSSR count). The highest BCUT2D eigenvalue weighted by Gasteiger charge is 2.10. The summed E-state index contributed by atoms with van der Waals surface area (Å²) < 4.78 is 5.08. The molecule has 3 nitrogen and oxygen atoms in total. The number of esters is 1. The maximum absolute atomic E-state index is 12.0. The van der Waals surface area contributed by atoms with E-state index >= 15 is 0 Å². The molecule has 0 radical (unpaired) electrons. The lowest BCUT2D eigenvalue weighted by Crippen LogP contribution is -2.07. The molecule has 0 atom stereocenters. The van der Waals surface area contributed by atoms with Crippen LogP contribution in [0.25, 0.3) is 22.9 Å². The molecule has 2 aromatic carbocycles. The Balaban J connectivity index is 0.00000208. The topological polar surface area (TPSA) is 39.2 Å². The maximum atomic E-state index is 12.0. The fraction of sp³-hybridized carbons (Fsp3) is 0.100. The minimum absolute atomic E-state index is 0. The molecule has 1 aromatic heterocycles. The van der Waals surface area contributed by atoms with Crippen molar-refractivity contribution in [3.8, 4) is 0 Å². The molecule has 0 bridgehead atoms. The van der Waals surface area contributed by atoms with Gasteiger partial charge in [-0.05, 0) is 41.5 Å². The van der Waals surface area contributed by atoms with Gasteiger partial charge in [-0.1, -0.05) is 48.5 Å². The molecule has 0 aliphatic carbocycles. The van der Waals surface area contributed by atoms with Crippen molar-refractivity contribution in [1.29, 1.82) is 0 Å². The van der Waals surface area contributed by atoms with Crippen LogP contribution in [-0.2, 0) is 4.74 Å². The summed E-state index contributed by atoms with van der Waals surface area (Å²) in [4.78, 5) is 16.3. The summed E-state index contributed by atoms with van der Waals surface area (Å²) in [5.74, 6) is -0.349. The molecule has 24 heavy (non-hydrogen) atoms. The first-order valence-electron chi connectivity index (χ1n) is 7.57. The van der Waals surface area contributed by atoms with E-state index in [2.05, 4.69) is 23.2 Å². The molecular weight excluding hydrogens is 322 g/mol. The average Bonchev–Trinajstić information content (AvgIpc) is 2.60. The van der Waals surface area contributed by atoms with Crippen LogP contribution in [-0.4, -0.2) is 17.6 Å². The lowest BCUT2D eigenvalue weighted by atomic mass is 10.0. The SMILES string of the molecule is CCOC(=O)c1cccnc1C=Cc1cccc2ccccc12.Cl. The van der Waals surface area contributed by atoms with E-state index < -0.39 is 0 Å². The Bertz CT molecular complexity index is 869. The molecule has 3 aromatic rings. The molecule has 0 spiro atoms. The second kappa shape index (κ2) is 8.27. The van der Waals surface area contributed by atoms with Gasteiger partial charge in [0, 0.05) is 6.20 Å². The number of carbonyl (C=O) groups is 1. The van der Waals surface area contributed by atoms with Gasteiger partial charge >= 0.3 is 5.97 Å². The Morgan fingerprint density at radius 1 is 1.04 bits per heavy atom. The molecule has 0 saturated carbocycles. The molecule has 0 aliphatic rings. The third-order valence-electron chi connectivity index (χ3n) is 3.58. The van der Waals surface area contributed by atoms with Gasteiger partial charge < -0.3 is 4.74 Å². The van der Waals surface area contributed by atoms with Gasteiger partial charge in [0.15, 0.2) is 0 Å². The average molecular weight is 340 g/mol. The number of carbonyl (C=O) groups excluding carboxylic acids is 1. The van der Waals surface area contributed by atoms with Crippen LogP contribution in [0.2, 0.25) is 0 Å². The number of nitrogens with zero attached hydrogens (tertiary/aromatic N) is 1. The van der Waals surface area contributed by atoms with Crippen molar-refractivity contribution in [2.24, 2.45) is 0 Å². The van der Waals surface area contributed by atoms with Gasteiger partial charge in [0.25, 0.3) is 0 Å². The van der Waals surface area contributed by atoms with E-state index in [4.69, 9.17) is 4.74 Å². The largest absolute Gasteiger partial charge is 0.462 e.